The van der Waals surface area contributed by atoms with Crippen molar-refractivity contribution >= 4 is 10.1 Å². The summed E-state index contributed by atoms with van der Waals surface area (Å²) in [6.07, 6.45) is 0.503. The van der Waals surface area contributed by atoms with Gasteiger partial charge >= 0.3 is 0 Å². The molecule has 0 bridgehead atoms. The lowest BCUT2D eigenvalue weighted by Crippen LogP contribution is -2.09. The third-order valence-corrected chi connectivity index (χ3v) is 4.74. The van der Waals surface area contributed by atoms with E-state index in [0.717, 1.165) is 16.9 Å². The summed E-state index contributed by atoms with van der Waals surface area (Å²) >= 11 is 0. The Morgan fingerprint density at radius 1 is 0.875 bits per heavy atom. The van der Waals surface area contributed by atoms with Crippen LogP contribution in [-0.4, -0.2) is 35.3 Å². The zero-order chi connectivity index (χ0) is 17.4. The van der Waals surface area contributed by atoms with Crippen molar-refractivity contribution in [1.82, 2.24) is 0 Å². The molecule has 0 aliphatic rings. The Morgan fingerprint density at radius 3 is 2.17 bits per heavy atom. The van der Waals surface area contributed by atoms with Crippen LogP contribution in [0, 0.1) is 6.92 Å². The van der Waals surface area contributed by atoms with Crippen LogP contribution in [0.2, 0.25) is 0 Å². The molecule has 0 atom stereocenters. The van der Waals surface area contributed by atoms with E-state index < -0.39 is 10.1 Å². The van der Waals surface area contributed by atoms with Crippen molar-refractivity contribution in [3.8, 4) is 5.75 Å². The molecule has 5 nitrogen and oxygen atoms in total. The fourth-order valence-electron chi connectivity index (χ4n) is 2.04. The fourth-order valence-corrected chi connectivity index (χ4v) is 2.95. The standard InChI is InChI=1S/C18H22O5S/c1-15-3-9-18(10-4-15)24(19,20)23-12-11-16-5-7-17(8-6-16)22-14-13-21-2/h3-10H,11-14H2,1-2H3. The van der Waals surface area contributed by atoms with Gasteiger partial charge < -0.3 is 9.47 Å². The zero-order valence-corrected chi connectivity index (χ0v) is 14.7. The molecule has 2 aromatic carbocycles. The average molecular weight is 350 g/mol. The molecule has 0 spiro atoms. The second kappa shape index (κ2) is 8.82. The van der Waals surface area contributed by atoms with Crippen LogP contribution in [0.15, 0.2) is 53.4 Å². The molecule has 0 saturated heterocycles. The van der Waals surface area contributed by atoms with Gasteiger partial charge in [-0.1, -0.05) is 29.8 Å². The molecule has 0 heterocycles. The molecule has 0 unspecified atom stereocenters. The van der Waals surface area contributed by atoms with Gasteiger partial charge in [0, 0.05) is 7.11 Å². The van der Waals surface area contributed by atoms with E-state index in [1.165, 1.54) is 0 Å². The molecule has 0 fully saturated rings. The molecule has 130 valence electrons. The summed E-state index contributed by atoms with van der Waals surface area (Å²) in [7, 11) is -2.09. The number of benzene rings is 2. The van der Waals surface area contributed by atoms with Gasteiger partial charge in [-0.05, 0) is 43.2 Å². The van der Waals surface area contributed by atoms with Crippen molar-refractivity contribution < 1.29 is 22.1 Å². The highest BCUT2D eigenvalue weighted by Crippen LogP contribution is 2.15. The number of hydrogen-bond donors (Lipinski definition) is 0. The Balaban J connectivity index is 1.84. The molecular formula is C18H22O5S. The van der Waals surface area contributed by atoms with Gasteiger partial charge in [0.2, 0.25) is 0 Å². The third-order valence-electron chi connectivity index (χ3n) is 3.42. The number of hydrogen-bond acceptors (Lipinski definition) is 5. The molecule has 0 aliphatic heterocycles. The van der Waals surface area contributed by atoms with E-state index in [0.29, 0.717) is 19.6 Å². The van der Waals surface area contributed by atoms with Crippen LogP contribution >= 0.6 is 0 Å². The van der Waals surface area contributed by atoms with Crippen LogP contribution in [0.3, 0.4) is 0 Å². The number of ether oxygens (including phenoxy) is 2. The lowest BCUT2D eigenvalue weighted by molar-refractivity contribution is 0.146. The van der Waals surface area contributed by atoms with Gasteiger partial charge in [-0.25, -0.2) is 0 Å². The maximum absolute atomic E-state index is 12.1. The first-order valence-electron chi connectivity index (χ1n) is 7.68. The van der Waals surface area contributed by atoms with Gasteiger partial charge in [-0.15, -0.1) is 0 Å². The Kier molecular flexibility index (Phi) is 6.78. The molecule has 0 aliphatic carbocycles. The fraction of sp³-hybridized carbons (Fsp3) is 0.333. The molecular weight excluding hydrogens is 328 g/mol. The van der Waals surface area contributed by atoms with Crippen molar-refractivity contribution in [1.29, 1.82) is 0 Å². The summed E-state index contributed by atoms with van der Waals surface area (Å²) < 4.78 is 39.6. The van der Waals surface area contributed by atoms with E-state index in [9.17, 15) is 8.42 Å². The second-order valence-corrected chi connectivity index (χ2v) is 6.94. The highest BCUT2D eigenvalue weighted by Gasteiger charge is 2.14. The number of methoxy groups -OCH3 is 1. The van der Waals surface area contributed by atoms with E-state index in [1.807, 2.05) is 31.2 Å². The predicted molar refractivity (Wildman–Crippen MR) is 91.8 cm³/mol. The van der Waals surface area contributed by atoms with Gasteiger partial charge in [0.15, 0.2) is 0 Å². The quantitative estimate of drug-likeness (QED) is 0.514. The van der Waals surface area contributed by atoms with E-state index in [-0.39, 0.29) is 11.5 Å². The topological polar surface area (TPSA) is 61.8 Å². The van der Waals surface area contributed by atoms with Crippen molar-refractivity contribution in [2.75, 3.05) is 26.9 Å². The highest BCUT2D eigenvalue weighted by molar-refractivity contribution is 7.86. The molecule has 0 saturated carbocycles. The van der Waals surface area contributed by atoms with Crippen LogP contribution in [0.25, 0.3) is 0 Å². The average Bonchev–Trinajstić information content (AvgIpc) is 2.57. The van der Waals surface area contributed by atoms with Crippen LogP contribution < -0.4 is 4.74 Å². The Hall–Kier alpha value is -1.89. The second-order valence-electron chi connectivity index (χ2n) is 5.32. The third kappa shape index (κ3) is 5.63. The zero-order valence-electron chi connectivity index (χ0n) is 13.9. The normalized spacial score (nSPS) is 11.4. The first-order chi connectivity index (χ1) is 11.5. The van der Waals surface area contributed by atoms with Crippen molar-refractivity contribution in [2.45, 2.75) is 18.2 Å². The molecule has 0 aromatic heterocycles. The molecule has 24 heavy (non-hydrogen) atoms. The largest absolute Gasteiger partial charge is 0.491 e. The minimum absolute atomic E-state index is 0.0973. The molecule has 2 aromatic rings. The van der Waals surface area contributed by atoms with Crippen LogP contribution in [-0.2, 0) is 25.5 Å². The van der Waals surface area contributed by atoms with Gasteiger partial charge in [0.05, 0.1) is 18.1 Å². The predicted octanol–water partition coefficient (Wildman–Crippen LogP) is 2.97. The van der Waals surface area contributed by atoms with E-state index in [1.54, 1.807) is 31.4 Å². The molecule has 0 amide bonds. The minimum atomic E-state index is -3.71. The summed E-state index contributed by atoms with van der Waals surface area (Å²) in [6, 6.07) is 14.1. The maximum atomic E-state index is 12.1. The van der Waals surface area contributed by atoms with E-state index >= 15 is 0 Å². The van der Waals surface area contributed by atoms with Crippen LogP contribution in [0.5, 0.6) is 5.75 Å². The summed E-state index contributed by atoms with van der Waals surface area (Å²) in [5, 5.41) is 0. The maximum Gasteiger partial charge on any atom is 0.296 e. The molecule has 2 rings (SSSR count). The van der Waals surface area contributed by atoms with E-state index in [4.69, 9.17) is 13.7 Å². The Morgan fingerprint density at radius 2 is 1.54 bits per heavy atom. The van der Waals surface area contributed by atoms with E-state index in [2.05, 4.69) is 0 Å². The van der Waals surface area contributed by atoms with Gasteiger partial charge in [0.25, 0.3) is 10.1 Å². The monoisotopic (exact) mass is 350 g/mol. The summed E-state index contributed by atoms with van der Waals surface area (Å²) in [6.45, 7) is 3.03. The molecule has 0 radical (unpaired) electrons. The SMILES string of the molecule is COCCOc1ccc(CCOS(=O)(=O)c2ccc(C)cc2)cc1. The lowest BCUT2D eigenvalue weighted by Gasteiger charge is -2.08. The van der Waals surface area contributed by atoms with Crippen LogP contribution in [0.4, 0.5) is 0 Å². The van der Waals surface area contributed by atoms with Crippen LogP contribution in [0.1, 0.15) is 11.1 Å². The molecule has 6 heteroatoms. The smallest absolute Gasteiger partial charge is 0.296 e. The lowest BCUT2D eigenvalue weighted by atomic mass is 10.1. The van der Waals surface area contributed by atoms with Crippen molar-refractivity contribution in [3.05, 3.63) is 59.7 Å². The summed E-state index contributed by atoms with van der Waals surface area (Å²) in [4.78, 5) is 0.176. The summed E-state index contributed by atoms with van der Waals surface area (Å²) in [5.41, 5.74) is 1.98. The molecule has 0 N–H and O–H groups in total. The van der Waals surface area contributed by atoms with Gasteiger partial charge in [-0.3, -0.25) is 4.18 Å². The van der Waals surface area contributed by atoms with Crippen molar-refractivity contribution in [2.24, 2.45) is 0 Å². The number of aryl methyl sites for hydroxylation is 1. The Labute approximate surface area is 143 Å². The van der Waals surface area contributed by atoms with Crippen molar-refractivity contribution in [3.63, 3.8) is 0 Å². The number of rotatable bonds is 9. The van der Waals surface area contributed by atoms with Gasteiger partial charge in [0.1, 0.15) is 12.4 Å². The Bertz CT molecular complexity index is 721. The van der Waals surface area contributed by atoms with Gasteiger partial charge in [-0.2, -0.15) is 8.42 Å². The highest BCUT2D eigenvalue weighted by atomic mass is 32.2. The first kappa shape index (κ1) is 18.4. The first-order valence-corrected chi connectivity index (χ1v) is 9.09. The minimum Gasteiger partial charge on any atom is -0.491 e. The summed E-state index contributed by atoms with van der Waals surface area (Å²) in [5.74, 6) is 0.754.